The van der Waals surface area contributed by atoms with Gasteiger partial charge in [-0.25, -0.2) is 0 Å². The molecule has 1 spiro atoms. The lowest BCUT2D eigenvalue weighted by Gasteiger charge is -2.30. The molecule has 4 unspecified atom stereocenters. The molecule has 0 aromatic heterocycles. The molecule has 0 N–H and O–H groups in total. The zero-order valence-corrected chi connectivity index (χ0v) is 8.28. The van der Waals surface area contributed by atoms with Crippen molar-refractivity contribution in [2.75, 3.05) is 0 Å². The maximum Gasteiger partial charge on any atom is 0.0249 e. The van der Waals surface area contributed by atoms with Crippen LogP contribution in [0.15, 0.2) is 11.1 Å². The van der Waals surface area contributed by atoms with E-state index in [1.54, 1.807) is 0 Å². The zero-order valence-electron chi connectivity index (χ0n) is 8.28. The number of allylic oxidation sites excluding steroid dienone is 2. The third-order valence-corrected chi connectivity index (χ3v) is 5.06. The molecule has 0 aromatic carbocycles. The van der Waals surface area contributed by atoms with Crippen LogP contribution < -0.4 is 0 Å². The second kappa shape index (κ2) is 1.50. The Balaban J connectivity index is 1.75. The molecule has 0 aliphatic heterocycles. The van der Waals surface area contributed by atoms with Gasteiger partial charge in [-0.1, -0.05) is 30.9 Å². The van der Waals surface area contributed by atoms with Gasteiger partial charge in [0, 0.05) is 23.7 Å². The fourth-order valence-electron chi connectivity index (χ4n) is 4.08. The number of hydrogen-bond donors (Lipinski definition) is 0. The lowest BCUT2D eigenvalue weighted by molar-refractivity contribution is 0.412. The van der Waals surface area contributed by atoms with Gasteiger partial charge in [-0.05, 0) is 18.3 Å². The van der Waals surface area contributed by atoms with Gasteiger partial charge >= 0.3 is 0 Å². The summed E-state index contributed by atoms with van der Waals surface area (Å²) >= 11 is 0. The molecule has 0 aromatic rings. The molecule has 0 heteroatoms. The maximum atomic E-state index is 3.33. The first-order valence-corrected chi connectivity index (χ1v) is 5.41. The van der Waals surface area contributed by atoms with Crippen LogP contribution in [0.25, 0.3) is 0 Å². The molecule has 4 aliphatic rings. The Morgan fingerprint density at radius 3 is 2.77 bits per heavy atom. The molecule has 2 fully saturated rings. The highest BCUT2D eigenvalue weighted by Gasteiger charge is 2.85. The van der Waals surface area contributed by atoms with Crippen molar-refractivity contribution in [2.24, 2.45) is 22.7 Å². The molecule has 0 nitrogen and oxygen atoms in total. The van der Waals surface area contributed by atoms with E-state index in [0.29, 0.717) is 11.3 Å². The predicted molar refractivity (Wildman–Crippen MR) is 51.8 cm³/mol. The Morgan fingerprint density at radius 1 is 1.46 bits per heavy atom. The fraction of sp³-hybridized carbons (Fsp3) is 0.692. The van der Waals surface area contributed by atoms with Crippen LogP contribution in [0.5, 0.6) is 0 Å². The lowest BCUT2D eigenvalue weighted by atomic mass is 9.73. The first-order valence-electron chi connectivity index (χ1n) is 5.41. The number of hydrogen-bond acceptors (Lipinski definition) is 0. The van der Waals surface area contributed by atoms with Gasteiger partial charge in [0.15, 0.2) is 0 Å². The zero-order chi connectivity index (χ0) is 8.84. The smallest absolute Gasteiger partial charge is 0.0249 e. The van der Waals surface area contributed by atoms with Crippen LogP contribution >= 0.6 is 0 Å². The summed E-state index contributed by atoms with van der Waals surface area (Å²) in [4.78, 5) is 0. The van der Waals surface area contributed by atoms with Gasteiger partial charge in [0.05, 0.1) is 0 Å². The topological polar surface area (TPSA) is 0 Å². The van der Waals surface area contributed by atoms with Crippen LogP contribution in [0, 0.1) is 34.5 Å². The van der Waals surface area contributed by atoms with Crippen LogP contribution in [0.3, 0.4) is 0 Å². The average Bonchev–Trinajstić information content (AvgIpc) is 2.77. The van der Waals surface area contributed by atoms with E-state index in [2.05, 4.69) is 25.7 Å². The van der Waals surface area contributed by atoms with Crippen LogP contribution in [0.2, 0.25) is 0 Å². The summed E-state index contributed by atoms with van der Waals surface area (Å²) < 4.78 is 0. The van der Waals surface area contributed by atoms with Crippen molar-refractivity contribution in [1.29, 1.82) is 0 Å². The van der Waals surface area contributed by atoms with E-state index in [1.807, 2.05) is 11.1 Å². The highest BCUT2D eigenvalue weighted by atomic mass is 14.9. The van der Waals surface area contributed by atoms with Gasteiger partial charge in [0.1, 0.15) is 0 Å². The monoisotopic (exact) mass is 170 g/mol. The van der Waals surface area contributed by atoms with Crippen molar-refractivity contribution in [2.45, 2.75) is 33.1 Å². The molecule has 4 aliphatic carbocycles. The highest BCUT2D eigenvalue weighted by Crippen LogP contribution is 2.94. The maximum absolute atomic E-state index is 3.33. The van der Waals surface area contributed by atoms with Gasteiger partial charge in [0.25, 0.3) is 0 Å². The summed E-state index contributed by atoms with van der Waals surface area (Å²) in [5.74, 6) is 8.04. The summed E-state index contributed by atoms with van der Waals surface area (Å²) in [5.41, 5.74) is 5.12. The molecule has 4 rings (SSSR count). The van der Waals surface area contributed by atoms with Crippen LogP contribution in [0.4, 0.5) is 0 Å². The van der Waals surface area contributed by atoms with Crippen molar-refractivity contribution in [3.8, 4) is 11.8 Å². The summed E-state index contributed by atoms with van der Waals surface area (Å²) in [6, 6.07) is 0. The Kier molecular flexibility index (Phi) is 0.773. The van der Waals surface area contributed by atoms with E-state index >= 15 is 0 Å². The second-order valence-electron chi connectivity index (χ2n) is 5.58. The van der Waals surface area contributed by atoms with Crippen LogP contribution in [0.1, 0.15) is 33.1 Å². The minimum Gasteiger partial charge on any atom is -0.102 e. The average molecular weight is 170 g/mol. The minimum atomic E-state index is 0.638. The van der Waals surface area contributed by atoms with Crippen LogP contribution in [-0.2, 0) is 0 Å². The Bertz CT molecular complexity index is 417. The first kappa shape index (κ1) is 6.71. The van der Waals surface area contributed by atoms with Gasteiger partial charge in [-0.15, -0.1) is 5.92 Å². The Hall–Kier alpha value is -0.700. The van der Waals surface area contributed by atoms with E-state index in [4.69, 9.17) is 0 Å². The van der Waals surface area contributed by atoms with Crippen LogP contribution in [-0.4, -0.2) is 0 Å². The normalized spacial score (nSPS) is 58.9. The first-order chi connectivity index (χ1) is 6.19. The lowest BCUT2D eigenvalue weighted by Crippen LogP contribution is -2.22. The third-order valence-electron chi connectivity index (χ3n) is 5.06. The molecule has 4 atom stereocenters. The largest absolute Gasteiger partial charge is 0.102 e. The van der Waals surface area contributed by atoms with Crippen molar-refractivity contribution in [3.05, 3.63) is 11.1 Å². The van der Waals surface area contributed by atoms with Crippen molar-refractivity contribution < 1.29 is 0 Å². The highest BCUT2D eigenvalue weighted by molar-refractivity contribution is 5.67. The van der Waals surface area contributed by atoms with Gasteiger partial charge in [-0.3, -0.25) is 0 Å². The van der Waals surface area contributed by atoms with Gasteiger partial charge in [-0.2, -0.15) is 0 Å². The van der Waals surface area contributed by atoms with E-state index in [-0.39, 0.29) is 0 Å². The fourth-order valence-corrected chi connectivity index (χ4v) is 4.08. The molecule has 0 saturated heterocycles. The van der Waals surface area contributed by atoms with E-state index in [1.165, 1.54) is 12.8 Å². The summed E-state index contributed by atoms with van der Waals surface area (Å²) in [5, 5.41) is 0. The standard InChI is InChI=1S/C13H14/c1-8-4-3-5-9(8)11-10-6-13(10)7-12(11,13)2/h8-9H,5-7H2,1-2H3. The second-order valence-corrected chi connectivity index (χ2v) is 5.58. The van der Waals surface area contributed by atoms with Crippen molar-refractivity contribution in [3.63, 3.8) is 0 Å². The SMILES string of the molecule is CC1C#CCC1C1=C2CC23CC13C. The molecule has 0 radical (unpaired) electrons. The Morgan fingerprint density at radius 2 is 2.31 bits per heavy atom. The number of rotatable bonds is 1. The molecular weight excluding hydrogens is 156 g/mol. The molecule has 0 bridgehead atoms. The molecule has 0 heterocycles. The molecule has 0 amide bonds. The van der Waals surface area contributed by atoms with Crippen molar-refractivity contribution in [1.82, 2.24) is 0 Å². The Labute approximate surface area is 79.4 Å². The van der Waals surface area contributed by atoms with Gasteiger partial charge < -0.3 is 0 Å². The van der Waals surface area contributed by atoms with E-state index < -0.39 is 0 Å². The quantitative estimate of drug-likeness (QED) is 0.419. The van der Waals surface area contributed by atoms with E-state index in [0.717, 1.165) is 17.8 Å². The van der Waals surface area contributed by atoms with Gasteiger partial charge in [0.2, 0.25) is 0 Å². The minimum absolute atomic E-state index is 0.638. The molecule has 13 heavy (non-hydrogen) atoms. The summed E-state index contributed by atoms with van der Waals surface area (Å²) in [6.45, 7) is 4.77. The molecule has 66 valence electrons. The predicted octanol–water partition coefficient (Wildman–Crippen LogP) is 2.76. The summed E-state index contributed by atoms with van der Waals surface area (Å²) in [7, 11) is 0. The summed E-state index contributed by atoms with van der Waals surface area (Å²) in [6.07, 6.45) is 4.07. The molecular formula is C13H14. The molecule has 2 saturated carbocycles. The van der Waals surface area contributed by atoms with Crippen molar-refractivity contribution >= 4 is 0 Å². The third kappa shape index (κ3) is 0.476. The van der Waals surface area contributed by atoms with E-state index in [9.17, 15) is 0 Å².